The fourth-order valence-corrected chi connectivity index (χ4v) is 2.46. The van der Waals surface area contributed by atoms with Gasteiger partial charge >= 0.3 is 0 Å². The second-order valence-corrected chi connectivity index (χ2v) is 6.85. The van der Waals surface area contributed by atoms with Gasteiger partial charge in [0.05, 0.1) is 4.88 Å². The molecule has 0 aliphatic rings. The summed E-state index contributed by atoms with van der Waals surface area (Å²) in [6.07, 6.45) is 1.67. The summed E-state index contributed by atoms with van der Waals surface area (Å²) >= 11 is 1.65. The molecular formula is C14H22OS. The second-order valence-electron chi connectivity index (χ2n) is 5.77. The van der Waals surface area contributed by atoms with Crippen LogP contribution in [-0.2, 0) is 5.41 Å². The van der Waals surface area contributed by atoms with Crippen LogP contribution in [0.4, 0.5) is 0 Å². The van der Waals surface area contributed by atoms with Gasteiger partial charge in [-0.3, -0.25) is 4.79 Å². The van der Waals surface area contributed by atoms with Gasteiger partial charge in [0.25, 0.3) is 0 Å². The summed E-state index contributed by atoms with van der Waals surface area (Å²) in [6, 6.07) is 4.07. The van der Waals surface area contributed by atoms with Gasteiger partial charge in [0, 0.05) is 11.3 Å². The van der Waals surface area contributed by atoms with Crippen LogP contribution in [0.3, 0.4) is 0 Å². The first-order valence-electron chi connectivity index (χ1n) is 5.94. The third-order valence-electron chi connectivity index (χ3n) is 2.57. The lowest BCUT2D eigenvalue weighted by atomic mass is 9.95. The highest BCUT2D eigenvalue weighted by atomic mass is 32.1. The smallest absolute Gasteiger partial charge is 0.172 e. The first kappa shape index (κ1) is 13.4. The van der Waals surface area contributed by atoms with E-state index < -0.39 is 0 Å². The summed E-state index contributed by atoms with van der Waals surface area (Å²) in [6.45, 7) is 10.9. The lowest BCUT2D eigenvalue weighted by Gasteiger charge is -2.15. The average Bonchev–Trinajstić information content (AvgIpc) is 2.61. The Hall–Kier alpha value is -0.630. The van der Waals surface area contributed by atoms with Gasteiger partial charge in [-0.2, -0.15) is 0 Å². The van der Waals surface area contributed by atoms with E-state index in [0.717, 1.165) is 11.3 Å². The zero-order valence-corrected chi connectivity index (χ0v) is 11.8. The Morgan fingerprint density at radius 3 is 2.38 bits per heavy atom. The molecule has 1 aromatic heterocycles. The molecule has 90 valence electrons. The zero-order chi connectivity index (χ0) is 12.3. The monoisotopic (exact) mass is 238 g/mol. The summed E-state index contributed by atoms with van der Waals surface area (Å²) < 4.78 is 0. The van der Waals surface area contributed by atoms with Gasteiger partial charge < -0.3 is 0 Å². The van der Waals surface area contributed by atoms with Gasteiger partial charge in [-0.25, -0.2) is 0 Å². The van der Waals surface area contributed by atoms with Crippen molar-refractivity contribution in [2.75, 3.05) is 0 Å². The van der Waals surface area contributed by atoms with Gasteiger partial charge in [0.2, 0.25) is 0 Å². The topological polar surface area (TPSA) is 17.1 Å². The van der Waals surface area contributed by atoms with Crippen molar-refractivity contribution in [1.29, 1.82) is 0 Å². The average molecular weight is 238 g/mol. The number of ketones is 1. The molecule has 0 bridgehead atoms. The van der Waals surface area contributed by atoms with Gasteiger partial charge in [-0.05, 0) is 29.9 Å². The maximum absolute atomic E-state index is 11.9. The van der Waals surface area contributed by atoms with E-state index in [1.54, 1.807) is 11.3 Å². The van der Waals surface area contributed by atoms with Crippen molar-refractivity contribution in [3.8, 4) is 0 Å². The summed E-state index contributed by atoms with van der Waals surface area (Å²) in [7, 11) is 0. The first-order chi connectivity index (χ1) is 7.30. The highest BCUT2D eigenvalue weighted by molar-refractivity contribution is 7.14. The Kier molecular flexibility index (Phi) is 4.31. The molecule has 0 spiro atoms. The second kappa shape index (κ2) is 5.13. The number of carbonyl (C=O) groups is 1. The highest BCUT2D eigenvalue weighted by Crippen LogP contribution is 2.30. The molecular weight excluding hydrogens is 216 g/mol. The maximum Gasteiger partial charge on any atom is 0.172 e. The lowest BCUT2D eigenvalue weighted by Crippen LogP contribution is -2.07. The quantitative estimate of drug-likeness (QED) is 0.697. The Bertz CT molecular complexity index is 355. The minimum atomic E-state index is 0.154. The number of carbonyl (C=O) groups excluding carboxylic acids is 1. The van der Waals surface area contributed by atoms with E-state index in [4.69, 9.17) is 0 Å². The van der Waals surface area contributed by atoms with E-state index in [9.17, 15) is 4.79 Å². The van der Waals surface area contributed by atoms with E-state index in [1.165, 1.54) is 4.88 Å². The van der Waals surface area contributed by atoms with Crippen LogP contribution in [0.2, 0.25) is 0 Å². The summed E-state index contributed by atoms with van der Waals surface area (Å²) in [5.41, 5.74) is 0.154. The molecule has 1 aromatic rings. The molecule has 0 radical (unpaired) electrons. The van der Waals surface area contributed by atoms with Crippen LogP contribution in [0.1, 0.15) is 62.0 Å². The predicted octanol–water partition coefficient (Wildman–Crippen LogP) is 4.66. The van der Waals surface area contributed by atoms with Crippen molar-refractivity contribution in [3.05, 3.63) is 21.9 Å². The molecule has 1 heterocycles. The molecule has 0 atom stereocenters. The zero-order valence-electron chi connectivity index (χ0n) is 11.0. The standard InChI is InChI=1S/C14H22OS/c1-10(2)6-7-11(15)12-8-9-13(16-12)14(3,4)5/h8-10H,6-7H2,1-5H3. The van der Waals surface area contributed by atoms with Gasteiger partial charge in [-0.15, -0.1) is 11.3 Å². The molecule has 2 heteroatoms. The number of hydrogen-bond acceptors (Lipinski definition) is 2. The van der Waals surface area contributed by atoms with Gasteiger partial charge in [0.15, 0.2) is 5.78 Å². The minimum Gasteiger partial charge on any atom is -0.293 e. The van der Waals surface area contributed by atoms with E-state index in [2.05, 4.69) is 40.7 Å². The molecule has 0 saturated carbocycles. The van der Waals surface area contributed by atoms with Crippen LogP contribution in [0.25, 0.3) is 0 Å². The van der Waals surface area contributed by atoms with E-state index in [-0.39, 0.29) is 5.41 Å². The van der Waals surface area contributed by atoms with Crippen LogP contribution in [0.5, 0.6) is 0 Å². The normalized spacial score (nSPS) is 12.1. The summed E-state index contributed by atoms with van der Waals surface area (Å²) in [4.78, 5) is 14.1. The predicted molar refractivity (Wildman–Crippen MR) is 71.4 cm³/mol. The van der Waals surface area contributed by atoms with Crippen LogP contribution in [-0.4, -0.2) is 5.78 Å². The molecule has 0 unspecified atom stereocenters. The van der Waals surface area contributed by atoms with Crippen molar-refractivity contribution < 1.29 is 4.79 Å². The molecule has 0 saturated heterocycles. The largest absolute Gasteiger partial charge is 0.293 e. The van der Waals surface area contributed by atoms with Crippen molar-refractivity contribution in [3.63, 3.8) is 0 Å². The van der Waals surface area contributed by atoms with Crippen molar-refractivity contribution in [1.82, 2.24) is 0 Å². The Balaban J connectivity index is 2.67. The van der Waals surface area contributed by atoms with Crippen molar-refractivity contribution in [2.24, 2.45) is 5.92 Å². The highest BCUT2D eigenvalue weighted by Gasteiger charge is 2.18. The molecule has 0 aliphatic carbocycles. The SMILES string of the molecule is CC(C)CCC(=O)c1ccc(C(C)(C)C)s1. The number of thiophene rings is 1. The number of Topliss-reactive ketones (excluding diaryl/α,β-unsaturated/α-hetero) is 1. The Morgan fingerprint density at radius 2 is 1.94 bits per heavy atom. The molecule has 0 fully saturated rings. The molecule has 1 nitrogen and oxygen atoms in total. The van der Waals surface area contributed by atoms with Crippen LogP contribution in [0.15, 0.2) is 12.1 Å². The van der Waals surface area contributed by atoms with Crippen LogP contribution < -0.4 is 0 Å². The lowest BCUT2D eigenvalue weighted by molar-refractivity contribution is 0.0979. The van der Waals surface area contributed by atoms with Crippen LogP contribution >= 0.6 is 11.3 Å². The molecule has 0 aliphatic heterocycles. The fraction of sp³-hybridized carbons (Fsp3) is 0.643. The molecule has 0 amide bonds. The number of rotatable bonds is 4. The van der Waals surface area contributed by atoms with E-state index in [0.29, 0.717) is 18.1 Å². The third-order valence-corrected chi connectivity index (χ3v) is 4.12. The summed E-state index contributed by atoms with van der Waals surface area (Å²) in [5, 5.41) is 0. The molecule has 0 N–H and O–H groups in total. The van der Waals surface area contributed by atoms with Gasteiger partial charge in [-0.1, -0.05) is 34.6 Å². The van der Waals surface area contributed by atoms with Crippen molar-refractivity contribution in [2.45, 2.75) is 52.9 Å². The maximum atomic E-state index is 11.9. The Morgan fingerprint density at radius 1 is 1.31 bits per heavy atom. The number of hydrogen-bond donors (Lipinski definition) is 0. The molecule has 1 rings (SSSR count). The van der Waals surface area contributed by atoms with Crippen molar-refractivity contribution >= 4 is 17.1 Å². The summed E-state index contributed by atoms with van der Waals surface area (Å²) in [5.74, 6) is 0.903. The van der Waals surface area contributed by atoms with Crippen LogP contribution in [0, 0.1) is 5.92 Å². The van der Waals surface area contributed by atoms with E-state index in [1.807, 2.05) is 6.07 Å². The minimum absolute atomic E-state index is 0.154. The molecule has 16 heavy (non-hydrogen) atoms. The van der Waals surface area contributed by atoms with Gasteiger partial charge in [0.1, 0.15) is 0 Å². The fourth-order valence-electron chi connectivity index (χ4n) is 1.43. The van der Waals surface area contributed by atoms with E-state index >= 15 is 0 Å². The third kappa shape index (κ3) is 3.75. The molecule has 0 aromatic carbocycles. The Labute approximate surface area is 103 Å². The first-order valence-corrected chi connectivity index (χ1v) is 6.76.